The van der Waals surface area contributed by atoms with Crippen molar-refractivity contribution in [1.82, 2.24) is 4.31 Å². The molecule has 1 N–H and O–H groups in total. The van der Waals surface area contributed by atoms with Crippen LogP contribution in [0.4, 0.5) is 0 Å². The Morgan fingerprint density at radius 2 is 1.76 bits per heavy atom. The number of hydrogen-bond acceptors (Lipinski definition) is 3. The summed E-state index contributed by atoms with van der Waals surface area (Å²) in [5.41, 5.74) is 0.557. The maximum atomic E-state index is 13.1. The number of benzene rings is 2. The summed E-state index contributed by atoms with van der Waals surface area (Å²) in [6.45, 7) is 0.204. The third-order valence-corrected chi connectivity index (χ3v) is 6.65. The molecule has 1 fully saturated rings. The van der Waals surface area contributed by atoms with Crippen molar-refractivity contribution in [1.29, 1.82) is 0 Å². The van der Waals surface area contributed by atoms with Crippen LogP contribution >= 0.6 is 23.2 Å². The van der Waals surface area contributed by atoms with Gasteiger partial charge in [0.15, 0.2) is 0 Å². The summed E-state index contributed by atoms with van der Waals surface area (Å²) in [7, 11) is -3.96. The molecule has 1 saturated carbocycles. The Balaban J connectivity index is 2.04. The number of carboxylic acid groups (broad SMARTS) is 1. The molecular formula is C17H15Cl2NO4S. The van der Waals surface area contributed by atoms with E-state index in [2.05, 4.69) is 0 Å². The molecule has 0 radical (unpaired) electrons. The highest BCUT2D eigenvalue weighted by Gasteiger charge is 2.39. The van der Waals surface area contributed by atoms with E-state index in [1.807, 2.05) is 30.3 Å². The number of carboxylic acids is 1. The molecule has 0 bridgehead atoms. The molecule has 0 atom stereocenters. The lowest BCUT2D eigenvalue weighted by molar-refractivity contribution is 0.0697. The average molecular weight is 400 g/mol. The van der Waals surface area contributed by atoms with Gasteiger partial charge >= 0.3 is 5.97 Å². The van der Waals surface area contributed by atoms with Crippen molar-refractivity contribution in [2.24, 2.45) is 0 Å². The molecule has 0 saturated heterocycles. The molecule has 5 nitrogen and oxygen atoms in total. The molecule has 132 valence electrons. The van der Waals surface area contributed by atoms with Gasteiger partial charge in [-0.05, 0) is 30.5 Å². The minimum atomic E-state index is -3.96. The Morgan fingerprint density at radius 1 is 1.12 bits per heavy atom. The van der Waals surface area contributed by atoms with E-state index in [1.54, 1.807) is 0 Å². The van der Waals surface area contributed by atoms with Crippen molar-refractivity contribution in [2.45, 2.75) is 30.3 Å². The lowest BCUT2D eigenvalue weighted by Crippen LogP contribution is -2.33. The number of halogens is 2. The summed E-state index contributed by atoms with van der Waals surface area (Å²) in [4.78, 5) is 11.0. The van der Waals surface area contributed by atoms with Gasteiger partial charge in [-0.2, -0.15) is 4.31 Å². The summed E-state index contributed by atoms with van der Waals surface area (Å²) in [5, 5.41) is 9.02. The Kier molecular flexibility index (Phi) is 5.06. The van der Waals surface area contributed by atoms with Crippen molar-refractivity contribution in [3.63, 3.8) is 0 Å². The zero-order valence-corrected chi connectivity index (χ0v) is 15.4. The normalized spacial score (nSPS) is 14.7. The molecule has 0 aliphatic heterocycles. The topological polar surface area (TPSA) is 74.7 Å². The van der Waals surface area contributed by atoms with Crippen LogP contribution in [0.1, 0.15) is 28.8 Å². The fourth-order valence-electron chi connectivity index (χ4n) is 2.55. The van der Waals surface area contributed by atoms with E-state index in [4.69, 9.17) is 23.2 Å². The summed E-state index contributed by atoms with van der Waals surface area (Å²) in [6.07, 6.45) is 1.53. The smallest absolute Gasteiger partial charge is 0.337 e. The van der Waals surface area contributed by atoms with Crippen LogP contribution in [0.25, 0.3) is 0 Å². The second-order valence-corrected chi connectivity index (χ2v) is 8.51. The lowest BCUT2D eigenvalue weighted by Gasteiger charge is -2.23. The molecule has 1 aliphatic carbocycles. The van der Waals surface area contributed by atoms with E-state index < -0.39 is 16.0 Å². The van der Waals surface area contributed by atoms with Crippen LogP contribution in [0.3, 0.4) is 0 Å². The van der Waals surface area contributed by atoms with Crippen LogP contribution in [-0.2, 0) is 16.6 Å². The highest BCUT2D eigenvalue weighted by molar-refractivity contribution is 7.89. The van der Waals surface area contributed by atoms with Gasteiger partial charge in [0.25, 0.3) is 0 Å². The number of hydrogen-bond donors (Lipinski definition) is 1. The fraction of sp³-hybridized carbons (Fsp3) is 0.235. The predicted octanol–water partition coefficient (Wildman–Crippen LogP) is 4.04. The summed E-state index contributed by atoms with van der Waals surface area (Å²) < 4.78 is 27.6. The number of carbonyl (C=O) groups is 1. The maximum absolute atomic E-state index is 13.1. The summed E-state index contributed by atoms with van der Waals surface area (Å²) in [5.74, 6) is -1.31. The molecular weight excluding hydrogens is 385 g/mol. The van der Waals surface area contributed by atoms with Gasteiger partial charge in [-0.1, -0.05) is 53.5 Å². The monoisotopic (exact) mass is 399 g/mol. The van der Waals surface area contributed by atoms with Gasteiger partial charge in [0.05, 0.1) is 15.6 Å². The maximum Gasteiger partial charge on any atom is 0.337 e. The highest BCUT2D eigenvalue weighted by Crippen LogP contribution is 2.37. The molecule has 2 aromatic rings. The van der Waals surface area contributed by atoms with Gasteiger partial charge in [0.2, 0.25) is 10.0 Å². The molecule has 0 unspecified atom stereocenters. The van der Waals surface area contributed by atoms with E-state index in [9.17, 15) is 18.3 Å². The van der Waals surface area contributed by atoms with E-state index in [1.165, 1.54) is 4.31 Å². The van der Waals surface area contributed by atoms with E-state index in [0.717, 1.165) is 30.5 Å². The van der Waals surface area contributed by atoms with Gasteiger partial charge < -0.3 is 5.11 Å². The van der Waals surface area contributed by atoms with Gasteiger partial charge in [0.1, 0.15) is 4.90 Å². The largest absolute Gasteiger partial charge is 0.478 e. The van der Waals surface area contributed by atoms with Crippen LogP contribution < -0.4 is 0 Å². The molecule has 0 heterocycles. The van der Waals surface area contributed by atoms with Crippen LogP contribution in [-0.4, -0.2) is 29.8 Å². The quantitative estimate of drug-likeness (QED) is 0.794. The van der Waals surface area contributed by atoms with Crippen molar-refractivity contribution in [2.75, 3.05) is 0 Å². The van der Waals surface area contributed by atoms with Gasteiger partial charge in [0, 0.05) is 12.6 Å². The number of sulfonamides is 1. The zero-order chi connectivity index (χ0) is 18.2. The number of aromatic carboxylic acids is 1. The first kappa shape index (κ1) is 18.2. The lowest BCUT2D eigenvalue weighted by atomic mass is 10.2. The van der Waals surface area contributed by atoms with Crippen molar-refractivity contribution in [3.05, 3.63) is 63.6 Å². The first-order chi connectivity index (χ1) is 11.8. The van der Waals surface area contributed by atoms with Crippen LogP contribution in [0, 0.1) is 0 Å². The standard InChI is InChI=1S/C17H15Cl2NO4S/c18-14-9-15(19)16(8-13(14)17(21)22)25(23,24)20(12-6-7-12)10-11-4-2-1-3-5-11/h1-5,8-9,12H,6-7,10H2,(H,21,22). The van der Waals surface area contributed by atoms with Gasteiger partial charge in [-0.25, -0.2) is 13.2 Å². The number of rotatable bonds is 6. The molecule has 0 spiro atoms. The third-order valence-electron chi connectivity index (χ3n) is 3.97. The first-order valence-corrected chi connectivity index (χ1v) is 9.78. The second kappa shape index (κ2) is 6.96. The molecule has 25 heavy (non-hydrogen) atoms. The minimum Gasteiger partial charge on any atom is -0.478 e. The predicted molar refractivity (Wildman–Crippen MR) is 95.6 cm³/mol. The first-order valence-electron chi connectivity index (χ1n) is 7.59. The van der Waals surface area contributed by atoms with Crippen molar-refractivity contribution in [3.8, 4) is 0 Å². The van der Waals surface area contributed by atoms with Gasteiger partial charge in [-0.15, -0.1) is 0 Å². The minimum absolute atomic E-state index is 0.0892. The molecule has 0 amide bonds. The average Bonchev–Trinajstić information content (AvgIpc) is 3.37. The molecule has 1 aliphatic rings. The second-order valence-electron chi connectivity index (χ2n) is 5.83. The van der Waals surface area contributed by atoms with E-state index >= 15 is 0 Å². The molecule has 8 heteroatoms. The summed E-state index contributed by atoms with van der Waals surface area (Å²) >= 11 is 11.9. The van der Waals surface area contributed by atoms with Crippen LogP contribution in [0.2, 0.25) is 10.0 Å². The van der Waals surface area contributed by atoms with E-state index in [0.29, 0.717) is 0 Å². The molecule has 0 aromatic heterocycles. The Morgan fingerprint density at radius 3 is 2.32 bits per heavy atom. The molecule has 2 aromatic carbocycles. The Hall–Kier alpha value is -1.60. The zero-order valence-electron chi connectivity index (χ0n) is 13.0. The van der Waals surface area contributed by atoms with Crippen molar-refractivity contribution < 1.29 is 18.3 Å². The Bertz CT molecular complexity index is 912. The number of nitrogens with zero attached hydrogens (tertiary/aromatic N) is 1. The Labute approximate surface area is 155 Å². The summed E-state index contributed by atoms with van der Waals surface area (Å²) in [6, 6.07) is 11.3. The highest BCUT2D eigenvalue weighted by atomic mass is 35.5. The van der Waals surface area contributed by atoms with E-state index in [-0.39, 0.29) is 33.1 Å². The van der Waals surface area contributed by atoms with Crippen LogP contribution in [0.5, 0.6) is 0 Å². The van der Waals surface area contributed by atoms with Crippen molar-refractivity contribution >= 4 is 39.2 Å². The van der Waals surface area contributed by atoms with Gasteiger partial charge in [-0.3, -0.25) is 0 Å². The molecule has 3 rings (SSSR count). The van der Waals surface area contributed by atoms with Crippen LogP contribution in [0.15, 0.2) is 47.4 Å². The fourth-order valence-corrected chi connectivity index (χ4v) is 5.06. The SMILES string of the molecule is O=C(O)c1cc(S(=O)(=O)N(Cc2ccccc2)C2CC2)c(Cl)cc1Cl. The third kappa shape index (κ3) is 3.82.